The van der Waals surface area contributed by atoms with Gasteiger partial charge in [-0.25, -0.2) is 9.59 Å². The maximum Gasteiger partial charge on any atom is 0.337 e. The van der Waals surface area contributed by atoms with E-state index in [-0.39, 0.29) is 0 Å². The van der Waals surface area contributed by atoms with Crippen molar-refractivity contribution in [2.45, 2.75) is 0 Å². The lowest BCUT2D eigenvalue weighted by Crippen LogP contribution is -2.07. The molecule has 0 bridgehead atoms. The monoisotopic (exact) mass is 1110 g/mol. The number of nitrogen functional groups attached to an aromatic ring is 2. The molecule has 0 aliphatic rings. The molecule has 7 nitrogen and oxygen atoms in total. The Kier molecular flexibility index (Phi) is 14.1. The van der Waals surface area contributed by atoms with Gasteiger partial charge in [0.15, 0.2) is 0 Å². The first-order valence-electron chi connectivity index (χ1n) is 8.07. The van der Waals surface area contributed by atoms with Crippen LogP contribution in [0.3, 0.4) is 0 Å². The van der Waals surface area contributed by atoms with E-state index in [2.05, 4.69) is 50.2 Å². The van der Waals surface area contributed by atoms with Crippen molar-refractivity contribution >= 4 is 159 Å². The first-order chi connectivity index (χ1) is 14.9. The Labute approximate surface area is 266 Å². The molecular formula is C19H13I6N3O4. The standard InChI is InChI=1S/2C7H4I3NO2.C5H5N/c2*8-2-1-3(9)6(11)5(10)4(2)7(12)13;1-2-4-6-5-3-1/h2*1H,11H2,(H,12,13);1-5H. The largest absolute Gasteiger partial charge is 0.478 e. The highest BCUT2D eigenvalue weighted by molar-refractivity contribution is 14.1. The van der Waals surface area contributed by atoms with Crippen molar-refractivity contribution in [2.24, 2.45) is 0 Å². The minimum atomic E-state index is -0.933. The average Bonchev–Trinajstić information content (AvgIpc) is 2.72. The summed E-state index contributed by atoms with van der Waals surface area (Å²) in [5.41, 5.74) is 13.1. The fourth-order valence-electron chi connectivity index (χ4n) is 1.92. The smallest absolute Gasteiger partial charge is 0.337 e. The van der Waals surface area contributed by atoms with Gasteiger partial charge in [0.25, 0.3) is 0 Å². The fraction of sp³-hybridized carbons (Fsp3) is 0. The van der Waals surface area contributed by atoms with Gasteiger partial charge in [0.1, 0.15) is 0 Å². The van der Waals surface area contributed by atoms with Crippen LogP contribution in [0.1, 0.15) is 20.7 Å². The van der Waals surface area contributed by atoms with E-state index in [1.807, 2.05) is 109 Å². The van der Waals surface area contributed by atoms with Gasteiger partial charge in [-0.05, 0) is 160 Å². The average molecular weight is 1110 g/mol. The molecule has 13 heteroatoms. The molecule has 1 heterocycles. The number of aromatic carboxylic acids is 2. The molecule has 170 valence electrons. The number of carboxylic acid groups (broad SMARTS) is 2. The lowest BCUT2D eigenvalue weighted by atomic mass is 10.2. The molecule has 0 spiro atoms. The van der Waals surface area contributed by atoms with Crippen molar-refractivity contribution in [3.8, 4) is 0 Å². The van der Waals surface area contributed by atoms with Crippen LogP contribution in [0.15, 0.2) is 42.7 Å². The van der Waals surface area contributed by atoms with E-state index in [0.29, 0.717) is 36.8 Å². The number of nitrogens with zero attached hydrogens (tertiary/aromatic N) is 1. The van der Waals surface area contributed by atoms with Crippen LogP contribution in [0.5, 0.6) is 0 Å². The Hall–Kier alpha value is 0.510. The van der Waals surface area contributed by atoms with Crippen LogP contribution in [0.2, 0.25) is 0 Å². The molecule has 2 aromatic carbocycles. The third-order valence-electron chi connectivity index (χ3n) is 3.41. The third-order valence-corrected chi connectivity index (χ3v) is 9.13. The molecule has 0 aliphatic heterocycles. The van der Waals surface area contributed by atoms with Gasteiger partial charge in [0.05, 0.1) is 29.6 Å². The van der Waals surface area contributed by atoms with Gasteiger partial charge in [-0.1, -0.05) is 6.07 Å². The zero-order valence-electron chi connectivity index (χ0n) is 15.6. The van der Waals surface area contributed by atoms with Crippen LogP contribution in [-0.2, 0) is 0 Å². The van der Waals surface area contributed by atoms with Crippen LogP contribution in [-0.4, -0.2) is 27.1 Å². The summed E-state index contributed by atoms with van der Waals surface area (Å²) in [4.78, 5) is 25.5. The molecule has 32 heavy (non-hydrogen) atoms. The number of anilines is 2. The molecular weight excluding hydrogens is 1100 g/mol. The van der Waals surface area contributed by atoms with Crippen molar-refractivity contribution in [3.05, 3.63) is 75.3 Å². The first kappa shape index (κ1) is 30.5. The minimum absolute atomic E-state index is 0.291. The molecule has 0 saturated carbocycles. The van der Waals surface area contributed by atoms with Gasteiger partial charge < -0.3 is 21.7 Å². The van der Waals surface area contributed by atoms with E-state index in [9.17, 15) is 9.59 Å². The zero-order chi connectivity index (χ0) is 24.6. The van der Waals surface area contributed by atoms with Crippen molar-refractivity contribution < 1.29 is 19.8 Å². The Morgan fingerprint density at radius 1 is 0.656 bits per heavy atom. The summed E-state index contributed by atoms with van der Waals surface area (Å²) in [6.07, 6.45) is 3.50. The number of rotatable bonds is 2. The van der Waals surface area contributed by atoms with E-state index >= 15 is 0 Å². The second-order valence-corrected chi connectivity index (χ2v) is 12.3. The Balaban J connectivity index is 0.000000256. The first-order valence-corrected chi connectivity index (χ1v) is 14.5. The number of pyridine rings is 1. The molecule has 0 fully saturated rings. The molecule has 3 rings (SSSR count). The SMILES string of the molecule is Nc1c(I)cc(I)c(C(=O)O)c1I.Nc1c(I)cc(I)c(C(=O)O)c1I.c1ccncc1. The lowest BCUT2D eigenvalue weighted by Gasteiger charge is -2.07. The highest BCUT2D eigenvalue weighted by Crippen LogP contribution is 2.30. The van der Waals surface area contributed by atoms with Crippen molar-refractivity contribution in [3.63, 3.8) is 0 Å². The lowest BCUT2D eigenvalue weighted by molar-refractivity contribution is 0.0684. The summed E-state index contributed by atoms with van der Waals surface area (Å²) in [5.74, 6) is -1.87. The number of nitrogens with two attached hydrogens (primary N) is 2. The summed E-state index contributed by atoms with van der Waals surface area (Å²) >= 11 is 12.1. The highest BCUT2D eigenvalue weighted by atomic mass is 127. The van der Waals surface area contributed by atoms with Crippen LogP contribution in [0, 0.1) is 21.4 Å². The van der Waals surface area contributed by atoms with E-state index in [1.54, 1.807) is 24.5 Å². The second-order valence-electron chi connectivity index (χ2n) is 5.52. The van der Waals surface area contributed by atoms with Gasteiger partial charge in [0, 0.05) is 26.7 Å². The van der Waals surface area contributed by atoms with Crippen molar-refractivity contribution in [1.82, 2.24) is 4.98 Å². The van der Waals surface area contributed by atoms with E-state index < -0.39 is 11.9 Å². The third kappa shape index (κ3) is 8.94. The molecule has 0 radical (unpaired) electrons. The molecule has 0 saturated heterocycles. The van der Waals surface area contributed by atoms with E-state index in [1.165, 1.54) is 0 Å². The second kappa shape index (κ2) is 14.8. The summed E-state index contributed by atoms with van der Waals surface area (Å²) in [6, 6.07) is 9.25. The normalized spacial score (nSPS) is 9.69. The Morgan fingerprint density at radius 2 is 1.00 bits per heavy atom. The maximum atomic E-state index is 10.8. The van der Waals surface area contributed by atoms with Crippen molar-refractivity contribution in [2.75, 3.05) is 11.5 Å². The number of aromatic nitrogens is 1. The topological polar surface area (TPSA) is 140 Å². The number of halogens is 6. The number of benzene rings is 2. The number of carboxylic acids is 2. The van der Waals surface area contributed by atoms with Crippen LogP contribution in [0.4, 0.5) is 11.4 Å². The van der Waals surface area contributed by atoms with Crippen LogP contribution < -0.4 is 11.5 Å². The van der Waals surface area contributed by atoms with Gasteiger partial charge in [-0.3, -0.25) is 4.98 Å². The maximum absolute atomic E-state index is 10.8. The minimum Gasteiger partial charge on any atom is -0.478 e. The quantitative estimate of drug-likeness (QED) is 0.167. The summed E-state index contributed by atoms with van der Waals surface area (Å²) in [6.45, 7) is 0. The van der Waals surface area contributed by atoms with E-state index in [4.69, 9.17) is 21.7 Å². The molecule has 1 aromatic heterocycles. The van der Waals surface area contributed by atoms with Gasteiger partial charge in [-0.15, -0.1) is 0 Å². The van der Waals surface area contributed by atoms with Crippen LogP contribution >= 0.6 is 136 Å². The van der Waals surface area contributed by atoms with Crippen molar-refractivity contribution in [1.29, 1.82) is 0 Å². The molecule has 0 atom stereocenters. The number of hydrogen-bond donors (Lipinski definition) is 4. The fourth-order valence-corrected chi connectivity index (χ4v) is 9.58. The molecule has 0 amide bonds. The predicted molar refractivity (Wildman–Crippen MR) is 176 cm³/mol. The Morgan fingerprint density at radius 3 is 1.22 bits per heavy atom. The summed E-state index contributed by atoms with van der Waals surface area (Å²) < 4.78 is 4.43. The molecule has 3 aromatic rings. The predicted octanol–water partition coefficient (Wildman–Crippen LogP) is 6.64. The summed E-state index contributed by atoms with van der Waals surface area (Å²) in [5, 5.41) is 17.8. The number of hydrogen-bond acceptors (Lipinski definition) is 5. The van der Waals surface area contributed by atoms with Gasteiger partial charge >= 0.3 is 11.9 Å². The van der Waals surface area contributed by atoms with Crippen LogP contribution in [0.25, 0.3) is 0 Å². The zero-order valence-corrected chi connectivity index (χ0v) is 28.6. The Bertz CT molecular complexity index is 1030. The highest BCUT2D eigenvalue weighted by Gasteiger charge is 2.18. The molecule has 6 N–H and O–H groups in total. The van der Waals surface area contributed by atoms with Gasteiger partial charge in [-0.2, -0.15) is 0 Å². The molecule has 0 aliphatic carbocycles. The summed E-state index contributed by atoms with van der Waals surface area (Å²) in [7, 11) is 0. The van der Waals surface area contributed by atoms with E-state index in [0.717, 1.165) is 7.14 Å². The number of carbonyl (C=O) groups is 2. The van der Waals surface area contributed by atoms with Gasteiger partial charge in [0.2, 0.25) is 0 Å². The molecule has 0 unspecified atom stereocenters.